The van der Waals surface area contributed by atoms with Gasteiger partial charge in [-0.1, -0.05) is 36.8 Å². The average molecular weight is 329 g/mol. The molecule has 132 valence electrons. The zero-order valence-corrected chi connectivity index (χ0v) is 14.9. The van der Waals surface area contributed by atoms with Gasteiger partial charge in [-0.3, -0.25) is 4.79 Å². The highest BCUT2D eigenvalue weighted by Crippen LogP contribution is 2.42. The monoisotopic (exact) mass is 329 g/mol. The van der Waals surface area contributed by atoms with Gasteiger partial charge in [-0.25, -0.2) is 0 Å². The Labute approximate surface area is 145 Å². The minimum atomic E-state index is 0.0455. The fraction of sp³-hybridized carbons (Fsp3) is 0.650. The molecule has 24 heavy (non-hydrogen) atoms. The molecule has 0 heterocycles. The Bertz CT molecular complexity index is 531. The van der Waals surface area contributed by atoms with Crippen molar-refractivity contribution >= 4 is 5.91 Å². The van der Waals surface area contributed by atoms with E-state index in [2.05, 4.69) is 22.3 Å². The number of nitrogens with one attached hydrogen (secondary N) is 1. The van der Waals surface area contributed by atoms with E-state index in [0.717, 1.165) is 19.4 Å². The first kappa shape index (κ1) is 17.4. The van der Waals surface area contributed by atoms with Gasteiger partial charge in [0.05, 0.1) is 6.04 Å². The second-order valence-corrected chi connectivity index (χ2v) is 7.93. The summed E-state index contributed by atoms with van der Waals surface area (Å²) in [7, 11) is 4.10. The third kappa shape index (κ3) is 3.98. The molecule has 4 heteroatoms. The van der Waals surface area contributed by atoms with Crippen molar-refractivity contribution < 1.29 is 4.79 Å². The van der Waals surface area contributed by atoms with E-state index in [1.54, 1.807) is 0 Å². The fourth-order valence-corrected chi connectivity index (χ4v) is 4.58. The van der Waals surface area contributed by atoms with Crippen LogP contribution in [0.15, 0.2) is 30.3 Å². The van der Waals surface area contributed by atoms with E-state index in [4.69, 9.17) is 5.73 Å². The predicted molar refractivity (Wildman–Crippen MR) is 97.4 cm³/mol. The Kier molecular flexibility index (Phi) is 5.57. The third-order valence-corrected chi connectivity index (χ3v) is 5.85. The molecule has 0 spiro atoms. The molecule has 3 atom stereocenters. The first-order valence-corrected chi connectivity index (χ1v) is 9.30. The van der Waals surface area contributed by atoms with Gasteiger partial charge in [0, 0.05) is 18.5 Å². The lowest BCUT2D eigenvalue weighted by Crippen LogP contribution is -2.49. The van der Waals surface area contributed by atoms with Crippen LogP contribution in [0, 0.1) is 17.8 Å². The van der Waals surface area contributed by atoms with Gasteiger partial charge in [0.2, 0.25) is 5.91 Å². The van der Waals surface area contributed by atoms with Crippen molar-refractivity contribution in [2.45, 2.75) is 44.2 Å². The molecule has 0 aromatic heterocycles. The van der Waals surface area contributed by atoms with Crippen LogP contribution in [0.5, 0.6) is 0 Å². The molecule has 2 aliphatic carbocycles. The summed E-state index contributed by atoms with van der Waals surface area (Å²) in [6.07, 6.45) is 5.60. The number of carbonyl (C=O) groups is 1. The molecule has 0 aliphatic heterocycles. The standard InChI is InChI=1S/C20H31N3O/c1-23(2)13-18(14-7-4-3-5-8-14)22-20(24)17-11-15-9-6-10-16(12-17)19(15)21/h3-5,7-8,15-19H,6,9-13,21H2,1-2H3,(H,22,24). The number of hydrogen-bond acceptors (Lipinski definition) is 3. The number of nitrogens with two attached hydrogens (primary N) is 1. The molecule has 3 unspecified atom stereocenters. The number of fused-ring (bicyclic) bond motifs is 2. The molecular weight excluding hydrogens is 298 g/mol. The number of nitrogens with zero attached hydrogens (tertiary/aromatic N) is 1. The van der Waals surface area contributed by atoms with Gasteiger partial charge >= 0.3 is 0 Å². The van der Waals surface area contributed by atoms with E-state index in [1.807, 2.05) is 32.3 Å². The lowest BCUT2D eigenvalue weighted by Gasteiger charge is -2.43. The molecule has 1 aromatic carbocycles. The van der Waals surface area contributed by atoms with E-state index >= 15 is 0 Å². The number of amides is 1. The van der Waals surface area contributed by atoms with E-state index < -0.39 is 0 Å². The number of benzene rings is 1. The predicted octanol–water partition coefficient (Wildman–Crippen LogP) is 2.56. The van der Waals surface area contributed by atoms with Crippen LogP contribution in [-0.2, 0) is 4.79 Å². The van der Waals surface area contributed by atoms with Crippen molar-refractivity contribution in [2.75, 3.05) is 20.6 Å². The van der Waals surface area contributed by atoms with Crippen molar-refractivity contribution in [3.63, 3.8) is 0 Å². The van der Waals surface area contributed by atoms with Crippen LogP contribution in [-0.4, -0.2) is 37.5 Å². The molecule has 1 aromatic rings. The number of rotatable bonds is 5. The van der Waals surface area contributed by atoms with Crippen LogP contribution in [0.25, 0.3) is 0 Å². The minimum absolute atomic E-state index is 0.0455. The van der Waals surface area contributed by atoms with Gasteiger partial charge in [-0.05, 0) is 57.2 Å². The second-order valence-electron chi connectivity index (χ2n) is 7.93. The van der Waals surface area contributed by atoms with E-state index in [-0.39, 0.29) is 17.9 Å². The molecule has 3 rings (SSSR count). The Morgan fingerprint density at radius 2 is 1.83 bits per heavy atom. The summed E-state index contributed by atoms with van der Waals surface area (Å²) in [6.45, 7) is 0.814. The van der Waals surface area contributed by atoms with E-state index in [9.17, 15) is 4.79 Å². The number of carbonyl (C=O) groups excluding carboxylic acids is 1. The normalized spacial score (nSPS) is 30.8. The van der Waals surface area contributed by atoms with Gasteiger partial charge in [0.25, 0.3) is 0 Å². The molecule has 3 N–H and O–H groups in total. The van der Waals surface area contributed by atoms with Crippen LogP contribution < -0.4 is 11.1 Å². The quantitative estimate of drug-likeness (QED) is 0.873. The summed E-state index contributed by atoms with van der Waals surface area (Å²) in [5.74, 6) is 1.43. The number of hydrogen-bond donors (Lipinski definition) is 2. The van der Waals surface area contributed by atoms with Crippen LogP contribution in [0.2, 0.25) is 0 Å². The lowest BCUT2D eigenvalue weighted by molar-refractivity contribution is -0.128. The Balaban J connectivity index is 1.67. The highest BCUT2D eigenvalue weighted by atomic mass is 16.2. The van der Waals surface area contributed by atoms with E-state index in [0.29, 0.717) is 17.9 Å². The maximum absolute atomic E-state index is 12.9. The Morgan fingerprint density at radius 1 is 1.21 bits per heavy atom. The largest absolute Gasteiger partial charge is 0.348 e. The SMILES string of the molecule is CN(C)CC(NC(=O)C1CC2CCCC(C1)C2N)c1ccccc1. The Morgan fingerprint density at radius 3 is 2.42 bits per heavy atom. The molecule has 0 saturated heterocycles. The third-order valence-electron chi connectivity index (χ3n) is 5.85. The molecule has 0 radical (unpaired) electrons. The molecule has 1 amide bonds. The van der Waals surface area contributed by atoms with Crippen LogP contribution in [0.1, 0.15) is 43.7 Å². The van der Waals surface area contributed by atoms with Gasteiger partial charge in [-0.2, -0.15) is 0 Å². The molecule has 2 aliphatic rings. The summed E-state index contributed by atoms with van der Waals surface area (Å²) >= 11 is 0. The average Bonchev–Trinajstić information content (AvgIpc) is 2.54. The van der Waals surface area contributed by atoms with Crippen LogP contribution in [0.3, 0.4) is 0 Å². The first-order chi connectivity index (χ1) is 11.5. The molecule has 2 bridgehead atoms. The lowest BCUT2D eigenvalue weighted by atomic mass is 9.65. The van der Waals surface area contributed by atoms with Gasteiger partial charge in [0.15, 0.2) is 0 Å². The number of likely N-dealkylation sites (N-methyl/N-ethyl adjacent to an activating group) is 1. The van der Waals surface area contributed by atoms with Crippen molar-refractivity contribution in [1.82, 2.24) is 10.2 Å². The molecule has 2 saturated carbocycles. The fourth-order valence-electron chi connectivity index (χ4n) is 4.58. The van der Waals surface area contributed by atoms with Crippen molar-refractivity contribution in [3.05, 3.63) is 35.9 Å². The van der Waals surface area contributed by atoms with Crippen molar-refractivity contribution in [3.8, 4) is 0 Å². The van der Waals surface area contributed by atoms with Crippen LogP contribution in [0.4, 0.5) is 0 Å². The molecule has 2 fully saturated rings. The summed E-state index contributed by atoms with van der Waals surface area (Å²) < 4.78 is 0. The zero-order chi connectivity index (χ0) is 17.1. The van der Waals surface area contributed by atoms with Gasteiger partial charge in [-0.15, -0.1) is 0 Å². The van der Waals surface area contributed by atoms with Crippen molar-refractivity contribution in [2.24, 2.45) is 23.5 Å². The highest BCUT2D eigenvalue weighted by Gasteiger charge is 2.40. The maximum Gasteiger partial charge on any atom is 0.223 e. The minimum Gasteiger partial charge on any atom is -0.348 e. The van der Waals surface area contributed by atoms with Gasteiger partial charge in [0.1, 0.15) is 0 Å². The molecule has 4 nitrogen and oxygen atoms in total. The summed E-state index contributed by atoms with van der Waals surface area (Å²) in [4.78, 5) is 15.1. The second kappa shape index (κ2) is 7.66. The van der Waals surface area contributed by atoms with Crippen molar-refractivity contribution in [1.29, 1.82) is 0 Å². The van der Waals surface area contributed by atoms with Crippen LogP contribution >= 0.6 is 0 Å². The van der Waals surface area contributed by atoms with Gasteiger partial charge < -0.3 is 16.0 Å². The highest BCUT2D eigenvalue weighted by molar-refractivity contribution is 5.79. The Hall–Kier alpha value is -1.39. The molecular formula is C20H31N3O. The smallest absolute Gasteiger partial charge is 0.223 e. The zero-order valence-electron chi connectivity index (χ0n) is 14.9. The van der Waals surface area contributed by atoms with E-state index in [1.165, 1.54) is 24.8 Å². The topological polar surface area (TPSA) is 58.4 Å². The summed E-state index contributed by atoms with van der Waals surface area (Å²) in [5, 5.41) is 3.32. The first-order valence-electron chi connectivity index (χ1n) is 9.30. The summed E-state index contributed by atoms with van der Waals surface area (Å²) in [5.41, 5.74) is 7.54. The maximum atomic E-state index is 12.9. The summed E-state index contributed by atoms with van der Waals surface area (Å²) in [6, 6.07) is 10.6.